The fourth-order valence-electron chi connectivity index (χ4n) is 2.32. The standard InChI is InChI=1S/C14H18BrNO2/c15-13-7-2-1-4-11(13)9-18-14(17)10-5-3-6-12(16)8-10/h1-2,4,7,10,12H,3,5-6,8-9,16H2. The average Bonchev–Trinajstić information content (AvgIpc) is 2.37. The van der Waals surface area contributed by atoms with Gasteiger partial charge in [0.25, 0.3) is 0 Å². The zero-order valence-corrected chi connectivity index (χ0v) is 11.9. The van der Waals surface area contributed by atoms with E-state index in [9.17, 15) is 4.79 Å². The van der Waals surface area contributed by atoms with E-state index in [1.807, 2.05) is 24.3 Å². The average molecular weight is 312 g/mol. The van der Waals surface area contributed by atoms with Crippen molar-refractivity contribution in [2.45, 2.75) is 38.3 Å². The second kappa shape index (κ2) is 6.34. The Labute approximate surface area is 116 Å². The van der Waals surface area contributed by atoms with Crippen LogP contribution >= 0.6 is 15.9 Å². The van der Waals surface area contributed by atoms with Gasteiger partial charge in [-0.2, -0.15) is 0 Å². The maximum atomic E-state index is 11.9. The van der Waals surface area contributed by atoms with Crippen molar-refractivity contribution in [1.82, 2.24) is 0 Å². The van der Waals surface area contributed by atoms with E-state index in [2.05, 4.69) is 15.9 Å². The minimum Gasteiger partial charge on any atom is -0.461 e. The van der Waals surface area contributed by atoms with Crippen LogP contribution in [0.3, 0.4) is 0 Å². The van der Waals surface area contributed by atoms with Gasteiger partial charge in [-0.05, 0) is 25.3 Å². The number of rotatable bonds is 3. The molecule has 0 heterocycles. The van der Waals surface area contributed by atoms with E-state index in [-0.39, 0.29) is 17.9 Å². The highest BCUT2D eigenvalue weighted by molar-refractivity contribution is 9.10. The molecule has 1 saturated carbocycles. The van der Waals surface area contributed by atoms with E-state index in [4.69, 9.17) is 10.5 Å². The van der Waals surface area contributed by atoms with E-state index in [0.717, 1.165) is 35.7 Å². The summed E-state index contributed by atoms with van der Waals surface area (Å²) in [6, 6.07) is 7.92. The van der Waals surface area contributed by atoms with Crippen LogP contribution in [0.5, 0.6) is 0 Å². The third-order valence-corrected chi connectivity index (χ3v) is 4.15. The molecule has 2 N–H and O–H groups in total. The lowest BCUT2D eigenvalue weighted by molar-refractivity contribution is -0.151. The second-order valence-electron chi connectivity index (χ2n) is 4.82. The van der Waals surface area contributed by atoms with Gasteiger partial charge in [-0.1, -0.05) is 40.5 Å². The minimum absolute atomic E-state index is 0.0174. The van der Waals surface area contributed by atoms with Crippen LogP contribution in [-0.4, -0.2) is 12.0 Å². The highest BCUT2D eigenvalue weighted by atomic mass is 79.9. The number of hydrogen-bond donors (Lipinski definition) is 1. The fourth-order valence-corrected chi connectivity index (χ4v) is 2.72. The second-order valence-corrected chi connectivity index (χ2v) is 5.68. The normalized spacial score (nSPS) is 23.7. The molecule has 2 unspecified atom stereocenters. The molecule has 1 aromatic rings. The SMILES string of the molecule is NC1CCCC(C(=O)OCc2ccccc2Br)C1. The van der Waals surface area contributed by atoms with Gasteiger partial charge in [-0.15, -0.1) is 0 Å². The first-order valence-electron chi connectivity index (χ1n) is 6.32. The Hall–Kier alpha value is -0.870. The lowest BCUT2D eigenvalue weighted by atomic mass is 9.86. The lowest BCUT2D eigenvalue weighted by Gasteiger charge is -2.25. The molecule has 4 heteroatoms. The maximum absolute atomic E-state index is 11.9. The predicted octanol–water partition coefficient (Wildman–Crippen LogP) is 3.01. The molecular weight excluding hydrogens is 294 g/mol. The van der Waals surface area contributed by atoms with E-state index in [1.54, 1.807) is 0 Å². The van der Waals surface area contributed by atoms with Crippen LogP contribution < -0.4 is 5.73 Å². The van der Waals surface area contributed by atoms with Gasteiger partial charge in [0.2, 0.25) is 0 Å². The van der Waals surface area contributed by atoms with Crippen molar-refractivity contribution in [2.24, 2.45) is 11.7 Å². The van der Waals surface area contributed by atoms with Crippen molar-refractivity contribution >= 4 is 21.9 Å². The molecule has 2 atom stereocenters. The quantitative estimate of drug-likeness (QED) is 0.873. The molecule has 2 rings (SSSR count). The van der Waals surface area contributed by atoms with Gasteiger partial charge in [0.05, 0.1) is 5.92 Å². The predicted molar refractivity (Wildman–Crippen MR) is 73.9 cm³/mol. The molecule has 1 aliphatic rings. The molecule has 0 aliphatic heterocycles. The van der Waals surface area contributed by atoms with Gasteiger partial charge in [-0.3, -0.25) is 4.79 Å². The van der Waals surface area contributed by atoms with Crippen molar-refractivity contribution < 1.29 is 9.53 Å². The van der Waals surface area contributed by atoms with Crippen LogP contribution in [0.1, 0.15) is 31.2 Å². The van der Waals surface area contributed by atoms with Gasteiger partial charge in [0.1, 0.15) is 6.61 Å². The molecule has 3 nitrogen and oxygen atoms in total. The van der Waals surface area contributed by atoms with Crippen LogP contribution in [0.2, 0.25) is 0 Å². The van der Waals surface area contributed by atoms with E-state index < -0.39 is 0 Å². The van der Waals surface area contributed by atoms with Crippen molar-refractivity contribution in [3.05, 3.63) is 34.3 Å². The number of hydrogen-bond acceptors (Lipinski definition) is 3. The third-order valence-electron chi connectivity index (χ3n) is 3.38. The number of carbonyl (C=O) groups excluding carboxylic acids is 1. The molecule has 18 heavy (non-hydrogen) atoms. The van der Waals surface area contributed by atoms with E-state index in [1.165, 1.54) is 0 Å². The summed E-state index contributed by atoms with van der Waals surface area (Å²) in [5.41, 5.74) is 6.87. The maximum Gasteiger partial charge on any atom is 0.309 e. The van der Waals surface area contributed by atoms with Crippen LogP contribution in [0.25, 0.3) is 0 Å². The number of benzene rings is 1. The summed E-state index contributed by atoms with van der Waals surface area (Å²) in [5.74, 6) is -0.128. The Balaban J connectivity index is 1.86. The molecule has 0 bridgehead atoms. The minimum atomic E-state index is -0.110. The van der Waals surface area contributed by atoms with Crippen molar-refractivity contribution in [3.63, 3.8) is 0 Å². The molecule has 0 amide bonds. The van der Waals surface area contributed by atoms with Gasteiger partial charge in [0, 0.05) is 16.1 Å². The largest absolute Gasteiger partial charge is 0.461 e. The topological polar surface area (TPSA) is 52.3 Å². The number of esters is 1. The highest BCUT2D eigenvalue weighted by Crippen LogP contribution is 2.25. The van der Waals surface area contributed by atoms with Gasteiger partial charge >= 0.3 is 5.97 Å². The number of nitrogens with two attached hydrogens (primary N) is 1. The van der Waals surface area contributed by atoms with Crippen LogP contribution in [0.4, 0.5) is 0 Å². The summed E-state index contributed by atoms with van der Waals surface area (Å²) in [4.78, 5) is 11.9. The van der Waals surface area contributed by atoms with Gasteiger partial charge < -0.3 is 10.5 Å². The lowest BCUT2D eigenvalue weighted by Crippen LogP contribution is -2.32. The summed E-state index contributed by atoms with van der Waals surface area (Å²) in [6.45, 7) is 0.325. The number of halogens is 1. The van der Waals surface area contributed by atoms with Crippen LogP contribution in [0, 0.1) is 5.92 Å². The Kier molecular flexibility index (Phi) is 4.78. The van der Waals surface area contributed by atoms with Crippen molar-refractivity contribution in [3.8, 4) is 0 Å². The molecule has 1 aromatic carbocycles. The molecule has 98 valence electrons. The summed E-state index contributed by atoms with van der Waals surface area (Å²) in [7, 11) is 0. The Morgan fingerprint density at radius 3 is 2.89 bits per heavy atom. The highest BCUT2D eigenvalue weighted by Gasteiger charge is 2.26. The zero-order valence-electron chi connectivity index (χ0n) is 10.3. The Morgan fingerprint density at radius 2 is 2.17 bits per heavy atom. The third kappa shape index (κ3) is 3.56. The zero-order chi connectivity index (χ0) is 13.0. The molecule has 0 radical (unpaired) electrons. The fraction of sp³-hybridized carbons (Fsp3) is 0.500. The molecule has 0 spiro atoms. The van der Waals surface area contributed by atoms with E-state index >= 15 is 0 Å². The Morgan fingerprint density at radius 1 is 1.39 bits per heavy atom. The number of ether oxygens (including phenoxy) is 1. The Bertz CT molecular complexity index is 422. The summed E-state index contributed by atoms with van der Waals surface area (Å²) in [6.07, 6.45) is 3.71. The van der Waals surface area contributed by atoms with Crippen molar-refractivity contribution in [2.75, 3.05) is 0 Å². The molecule has 0 saturated heterocycles. The van der Waals surface area contributed by atoms with Gasteiger partial charge in [-0.25, -0.2) is 0 Å². The smallest absolute Gasteiger partial charge is 0.309 e. The van der Waals surface area contributed by atoms with Crippen LogP contribution in [-0.2, 0) is 16.1 Å². The molecule has 0 aromatic heterocycles. The van der Waals surface area contributed by atoms with E-state index in [0.29, 0.717) is 6.61 Å². The molecule has 1 aliphatic carbocycles. The first-order valence-corrected chi connectivity index (χ1v) is 7.11. The number of carbonyl (C=O) groups is 1. The monoisotopic (exact) mass is 311 g/mol. The summed E-state index contributed by atoms with van der Waals surface area (Å²) < 4.78 is 6.34. The summed E-state index contributed by atoms with van der Waals surface area (Å²) in [5, 5.41) is 0. The first kappa shape index (κ1) is 13.6. The molecule has 1 fully saturated rings. The van der Waals surface area contributed by atoms with Crippen molar-refractivity contribution in [1.29, 1.82) is 0 Å². The molecular formula is C14H18BrNO2. The van der Waals surface area contributed by atoms with Gasteiger partial charge in [0.15, 0.2) is 0 Å². The summed E-state index contributed by atoms with van der Waals surface area (Å²) >= 11 is 3.44. The first-order chi connectivity index (χ1) is 8.66. The van der Waals surface area contributed by atoms with Crippen LogP contribution in [0.15, 0.2) is 28.7 Å².